The number of hydrogen-bond acceptors (Lipinski definition) is 4. The second-order valence-electron chi connectivity index (χ2n) is 5.57. The third-order valence-corrected chi connectivity index (χ3v) is 4.56. The van der Waals surface area contributed by atoms with Crippen molar-refractivity contribution in [3.05, 3.63) is 52.5 Å². The molecule has 0 saturated carbocycles. The number of benzene rings is 2. The fourth-order valence-electron chi connectivity index (χ4n) is 3.04. The molecule has 2 aromatic carbocycles. The van der Waals surface area contributed by atoms with Gasteiger partial charge in [0, 0.05) is 17.5 Å². The van der Waals surface area contributed by atoms with Crippen LogP contribution in [0.5, 0.6) is 11.5 Å². The highest BCUT2D eigenvalue weighted by atomic mass is 35.5. The molecule has 0 unspecified atom stereocenters. The lowest BCUT2D eigenvalue weighted by atomic mass is 10.1. The molecule has 0 bridgehead atoms. The second kappa shape index (κ2) is 5.76. The van der Waals surface area contributed by atoms with Crippen molar-refractivity contribution in [2.45, 2.75) is 6.42 Å². The molecule has 0 saturated heterocycles. The first-order chi connectivity index (χ1) is 11.7. The van der Waals surface area contributed by atoms with Gasteiger partial charge in [0.2, 0.25) is 0 Å². The highest BCUT2D eigenvalue weighted by Crippen LogP contribution is 2.44. The number of aromatic amines is 1. The molecule has 0 spiro atoms. The van der Waals surface area contributed by atoms with Crippen LogP contribution in [-0.4, -0.2) is 24.4 Å². The fourth-order valence-corrected chi connectivity index (χ4v) is 3.22. The zero-order chi connectivity index (χ0) is 16.7. The Morgan fingerprint density at radius 1 is 1.12 bits per heavy atom. The van der Waals surface area contributed by atoms with Crippen LogP contribution in [0.3, 0.4) is 0 Å². The van der Waals surface area contributed by atoms with Crippen molar-refractivity contribution in [1.29, 1.82) is 0 Å². The largest absolute Gasteiger partial charge is 0.493 e. The van der Waals surface area contributed by atoms with Gasteiger partial charge in [-0.3, -0.25) is 5.10 Å². The highest BCUT2D eigenvalue weighted by Gasteiger charge is 2.27. The first-order valence-electron chi connectivity index (χ1n) is 7.55. The summed E-state index contributed by atoms with van der Waals surface area (Å²) in [6.07, 6.45) is 0.772. The van der Waals surface area contributed by atoms with Crippen molar-refractivity contribution >= 4 is 23.1 Å². The number of para-hydroxylation sites is 1. The zero-order valence-electron chi connectivity index (χ0n) is 13.3. The van der Waals surface area contributed by atoms with Gasteiger partial charge >= 0.3 is 0 Å². The first kappa shape index (κ1) is 14.9. The van der Waals surface area contributed by atoms with Gasteiger partial charge in [-0.15, -0.1) is 0 Å². The van der Waals surface area contributed by atoms with Crippen molar-refractivity contribution in [1.82, 2.24) is 10.2 Å². The molecule has 1 aromatic heterocycles. The van der Waals surface area contributed by atoms with Gasteiger partial charge in [-0.2, -0.15) is 5.10 Å². The van der Waals surface area contributed by atoms with Crippen LogP contribution < -0.4 is 14.8 Å². The first-order valence-corrected chi connectivity index (χ1v) is 7.93. The molecule has 0 amide bonds. The molecule has 6 heteroatoms. The molecule has 0 atom stereocenters. The predicted octanol–water partition coefficient (Wildman–Crippen LogP) is 4.40. The summed E-state index contributed by atoms with van der Waals surface area (Å²) in [4.78, 5) is 0. The minimum Gasteiger partial charge on any atom is -0.493 e. The summed E-state index contributed by atoms with van der Waals surface area (Å²) >= 11 is 6.23. The van der Waals surface area contributed by atoms with E-state index in [-0.39, 0.29) is 0 Å². The maximum absolute atomic E-state index is 6.23. The van der Waals surface area contributed by atoms with E-state index < -0.39 is 0 Å². The van der Waals surface area contributed by atoms with Crippen LogP contribution in [-0.2, 0) is 6.42 Å². The number of aromatic nitrogens is 2. The Morgan fingerprint density at radius 2 is 1.88 bits per heavy atom. The van der Waals surface area contributed by atoms with Crippen molar-refractivity contribution in [2.75, 3.05) is 19.5 Å². The van der Waals surface area contributed by atoms with Crippen LogP contribution in [0.25, 0.3) is 11.3 Å². The van der Waals surface area contributed by atoms with Crippen LogP contribution in [0.1, 0.15) is 11.1 Å². The topological polar surface area (TPSA) is 59.2 Å². The number of ether oxygens (including phenoxy) is 2. The van der Waals surface area contributed by atoms with E-state index >= 15 is 0 Å². The van der Waals surface area contributed by atoms with E-state index in [2.05, 4.69) is 15.5 Å². The Kier molecular flexibility index (Phi) is 3.58. The highest BCUT2D eigenvalue weighted by molar-refractivity contribution is 6.33. The maximum Gasteiger partial charge on any atom is 0.161 e. The van der Waals surface area contributed by atoms with Crippen LogP contribution >= 0.6 is 11.6 Å². The van der Waals surface area contributed by atoms with Crippen LogP contribution in [0, 0.1) is 0 Å². The summed E-state index contributed by atoms with van der Waals surface area (Å²) in [6, 6.07) is 11.6. The molecule has 0 aliphatic heterocycles. The number of anilines is 2. The van der Waals surface area contributed by atoms with E-state index in [1.54, 1.807) is 14.2 Å². The van der Waals surface area contributed by atoms with E-state index in [1.165, 1.54) is 5.56 Å². The quantitative estimate of drug-likeness (QED) is 0.577. The number of fused-ring (bicyclic) bond motifs is 3. The number of methoxy groups -OCH3 is 2. The molecule has 122 valence electrons. The third kappa shape index (κ3) is 2.29. The van der Waals surface area contributed by atoms with Gasteiger partial charge in [0.15, 0.2) is 11.5 Å². The molecule has 24 heavy (non-hydrogen) atoms. The molecule has 0 fully saturated rings. The Labute approximate surface area is 144 Å². The van der Waals surface area contributed by atoms with E-state index in [1.807, 2.05) is 36.4 Å². The van der Waals surface area contributed by atoms with Crippen molar-refractivity contribution < 1.29 is 9.47 Å². The number of halogens is 1. The smallest absolute Gasteiger partial charge is 0.161 e. The van der Waals surface area contributed by atoms with E-state index in [9.17, 15) is 0 Å². The van der Waals surface area contributed by atoms with Gasteiger partial charge in [-0.25, -0.2) is 0 Å². The average molecular weight is 342 g/mol. The van der Waals surface area contributed by atoms with Gasteiger partial charge in [-0.1, -0.05) is 23.7 Å². The second-order valence-corrected chi connectivity index (χ2v) is 5.98. The molecule has 1 heterocycles. The summed E-state index contributed by atoms with van der Waals surface area (Å²) in [5, 5.41) is 11.5. The molecule has 0 radical (unpaired) electrons. The summed E-state index contributed by atoms with van der Waals surface area (Å²) in [7, 11) is 3.28. The number of hydrogen-bond donors (Lipinski definition) is 2. The van der Waals surface area contributed by atoms with E-state index in [0.717, 1.165) is 40.5 Å². The lowest BCUT2D eigenvalue weighted by Gasteiger charge is -2.10. The summed E-state index contributed by atoms with van der Waals surface area (Å²) in [6.45, 7) is 0. The number of nitrogens with one attached hydrogen (secondary N) is 2. The standard InChI is InChI=1S/C18H16ClN3O2/c1-23-15-8-10-7-12-17(11(10)9-16(15)24-2)21-22-18(12)20-14-6-4-3-5-13(14)19/h3-6,8-9H,7H2,1-2H3,(H2,20,21,22). The molecule has 3 aromatic rings. The lowest BCUT2D eigenvalue weighted by Crippen LogP contribution is -1.96. The molecule has 5 nitrogen and oxygen atoms in total. The van der Waals surface area contributed by atoms with Gasteiger partial charge in [-0.05, 0) is 29.8 Å². The minimum absolute atomic E-state index is 0.666. The van der Waals surface area contributed by atoms with Crippen molar-refractivity contribution in [3.63, 3.8) is 0 Å². The molecule has 4 rings (SSSR count). The Balaban J connectivity index is 1.73. The van der Waals surface area contributed by atoms with Crippen molar-refractivity contribution in [2.24, 2.45) is 0 Å². The van der Waals surface area contributed by atoms with Gasteiger partial charge in [0.25, 0.3) is 0 Å². The van der Waals surface area contributed by atoms with Crippen LogP contribution in [0.4, 0.5) is 11.5 Å². The number of rotatable bonds is 4. The Bertz CT molecular complexity index is 921. The summed E-state index contributed by atoms with van der Waals surface area (Å²) in [5.41, 5.74) is 5.12. The van der Waals surface area contributed by atoms with Gasteiger partial charge in [0.05, 0.1) is 30.6 Å². The fraction of sp³-hybridized carbons (Fsp3) is 0.167. The number of nitrogens with zero attached hydrogens (tertiary/aromatic N) is 1. The molecule has 1 aliphatic carbocycles. The monoisotopic (exact) mass is 341 g/mol. The van der Waals surface area contributed by atoms with E-state index in [0.29, 0.717) is 10.8 Å². The molecule has 2 N–H and O–H groups in total. The third-order valence-electron chi connectivity index (χ3n) is 4.23. The van der Waals surface area contributed by atoms with Gasteiger partial charge in [0.1, 0.15) is 5.82 Å². The minimum atomic E-state index is 0.666. The molecular weight excluding hydrogens is 326 g/mol. The SMILES string of the molecule is COc1cc2c(cc1OC)-c1n[nH]c(Nc3ccccc3Cl)c1C2. The predicted molar refractivity (Wildman–Crippen MR) is 94.7 cm³/mol. The summed E-state index contributed by atoms with van der Waals surface area (Å²) < 4.78 is 10.8. The Morgan fingerprint density at radius 3 is 2.62 bits per heavy atom. The zero-order valence-corrected chi connectivity index (χ0v) is 14.1. The average Bonchev–Trinajstić information content (AvgIpc) is 3.15. The lowest BCUT2D eigenvalue weighted by molar-refractivity contribution is 0.355. The van der Waals surface area contributed by atoms with Crippen LogP contribution in [0.15, 0.2) is 36.4 Å². The maximum atomic E-state index is 6.23. The van der Waals surface area contributed by atoms with Crippen molar-refractivity contribution in [3.8, 4) is 22.8 Å². The normalized spacial score (nSPS) is 11.8. The molecular formula is C18H16ClN3O2. The molecule has 1 aliphatic rings. The van der Waals surface area contributed by atoms with Crippen LogP contribution in [0.2, 0.25) is 5.02 Å². The Hall–Kier alpha value is -2.66. The summed E-state index contributed by atoms with van der Waals surface area (Å²) in [5.74, 6) is 2.28. The van der Waals surface area contributed by atoms with E-state index in [4.69, 9.17) is 21.1 Å². The van der Waals surface area contributed by atoms with Gasteiger partial charge < -0.3 is 14.8 Å². The number of H-pyrrole nitrogens is 1.